The van der Waals surface area contributed by atoms with Crippen molar-refractivity contribution in [2.24, 2.45) is 0 Å². The number of alkyl halides is 8. The Balaban J connectivity index is 1.66. The second kappa shape index (κ2) is 10.4. The van der Waals surface area contributed by atoms with Crippen molar-refractivity contribution in [3.05, 3.63) is 67.3 Å². The molecule has 3 rings (SSSR count). The van der Waals surface area contributed by atoms with E-state index in [-0.39, 0.29) is 11.3 Å². The molecule has 0 N–H and O–H groups in total. The van der Waals surface area contributed by atoms with Crippen LogP contribution in [0.15, 0.2) is 71.7 Å². The summed E-state index contributed by atoms with van der Waals surface area (Å²) < 4.78 is 127. The molecule has 200 valence electrons. The minimum absolute atomic E-state index is 0.0956. The molecule has 0 fully saturated rings. The maximum Gasteiger partial charge on any atom is 0.378 e. The molecular weight excluding hydrogens is 516 g/mol. The molecule has 0 atom stereocenters. The van der Waals surface area contributed by atoms with E-state index in [1.54, 1.807) is 36.4 Å². The molecule has 4 nitrogen and oxygen atoms in total. The van der Waals surface area contributed by atoms with E-state index in [4.69, 9.17) is 9.15 Å². The van der Waals surface area contributed by atoms with Gasteiger partial charge >= 0.3 is 29.7 Å². The number of esters is 1. The fourth-order valence-electron chi connectivity index (χ4n) is 3.26. The van der Waals surface area contributed by atoms with E-state index in [9.17, 15) is 39.9 Å². The summed E-state index contributed by atoms with van der Waals surface area (Å²) in [6.07, 6.45) is -3.59. The van der Waals surface area contributed by atoms with Gasteiger partial charge < -0.3 is 13.9 Å². The second-order valence-corrected chi connectivity index (χ2v) is 7.95. The molecule has 0 saturated heterocycles. The Hall–Kier alpha value is -3.57. The minimum Gasteiger partial charge on any atom is -0.493 e. The van der Waals surface area contributed by atoms with Gasteiger partial charge in [-0.05, 0) is 18.2 Å². The third-order valence-corrected chi connectivity index (χ3v) is 5.37. The Kier molecular flexibility index (Phi) is 7.89. The highest BCUT2D eigenvalue weighted by Crippen LogP contribution is 2.54. The van der Waals surface area contributed by atoms with Gasteiger partial charge in [0.1, 0.15) is 17.1 Å². The zero-order valence-corrected chi connectivity index (χ0v) is 19.0. The summed E-state index contributed by atoms with van der Waals surface area (Å²) in [5.74, 6) is -25.0. The average molecular weight is 536 g/mol. The number of carbonyl (C=O) groups is 1. The Labute approximate surface area is 205 Å². The van der Waals surface area contributed by atoms with Crippen LogP contribution in [0.1, 0.15) is 12.8 Å². The molecule has 0 aliphatic heterocycles. The Morgan fingerprint density at radius 1 is 0.838 bits per heavy atom. The summed E-state index contributed by atoms with van der Waals surface area (Å²) >= 11 is 0. The average Bonchev–Trinajstić information content (AvgIpc) is 3.27. The van der Waals surface area contributed by atoms with E-state index in [0.29, 0.717) is 17.2 Å². The van der Waals surface area contributed by atoms with Crippen LogP contribution in [0.3, 0.4) is 0 Å². The van der Waals surface area contributed by atoms with E-state index >= 15 is 0 Å². The van der Waals surface area contributed by atoms with E-state index in [0.717, 1.165) is 5.56 Å². The van der Waals surface area contributed by atoms with Gasteiger partial charge in [-0.3, -0.25) is 0 Å². The summed E-state index contributed by atoms with van der Waals surface area (Å²) in [6.45, 7) is 0.316. The quantitative estimate of drug-likeness (QED) is 0.136. The summed E-state index contributed by atoms with van der Waals surface area (Å²) in [5.41, 5.74) is 1.02. The zero-order chi connectivity index (χ0) is 27.5. The molecule has 0 bridgehead atoms. The SMILES string of the molecule is C=CC(=O)OCCC(F)(F)C(F)(F)C(F)(F)C(F)(F)CCOc1ccc2cc(-c3ccccc3)oc2c1. The van der Waals surface area contributed by atoms with Gasteiger partial charge in [-0.2, -0.15) is 35.1 Å². The number of fused-ring (bicyclic) bond motifs is 1. The molecule has 37 heavy (non-hydrogen) atoms. The number of carbonyl (C=O) groups excluding carboxylic acids is 1. The van der Waals surface area contributed by atoms with Crippen LogP contribution in [-0.2, 0) is 9.53 Å². The van der Waals surface area contributed by atoms with E-state index < -0.39 is 55.7 Å². The smallest absolute Gasteiger partial charge is 0.378 e. The molecule has 0 spiro atoms. The summed E-state index contributed by atoms with van der Waals surface area (Å²) in [4.78, 5) is 10.8. The minimum atomic E-state index is -6.47. The third kappa shape index (κ3) is 5.72. The predicted molar refractivity (Wildman–Crippen MR) is 117 cm³/mol. The predicted octanol–water partition coefficient (Wildman–Crippen LogP) is 7.53. The van der Waals surface area contributed by atoms with E-state index in [2.05, 4.69) is 11.3 Å². The summed E-state index contributed by atoms with van der Waals surface area (Å²) in [6, 6.07) is 14.7. The Bertz CT molecular complexity index is 1240. The van der Waals surface area contributed by atoms with Crippen molar-refractivity contribution in [3.8, 4) is 17.1 Å². The number of hydrogen-bond acceptors (Lipinski definition) is 4. The fourth-order valence-corrected chi connectivity index (χ4v) is 3.26. The first kappa shape index (κ1) is 28.0. The van der Waals surface area contributed by atoms with Gasteiger partial charge in [0.25, 0.3) is 0 Å². The van der Waals surface area contributed by atoms with Gasteiger partial charge in [-0.25, -0.2) is 4.79 Å². The largest absolute Gasteiger partial charge is 0.493 e. The lowest BCUT2D eigenvalue weighted by Crippen LogP contribution is -2.62. The molecule has 0 radical (unpaired) electrons. The topological polar surface area (TPSA) is 48.7 Å². The standard InChI is InChI=1S/C25H20F8O4/c1-2-21(34)36-13-11-23(28,29)25(32,33)24(30,31)22(26,27)10-12-35-18-9-8-17-14-19(37-20(17)15-18)16-6-4-3-5-7-16/h2-9,14-15H,1,10-13H2. The highest BCUT2D eigenvalue weighted by molar-refractivity contribution is 5.84. The molecule has 2 aromatic carbocycles. The van der Waals surface area contributed by atoms with Crippen LogP contribution >= 0.6 is 0 Å². The fraction of sp³-hybridized carbons (Fsp3) is 0.320. The van der Waals surface area contributed by atoms with Crippen LogP contribution in [-0.4, -0.2) is 42.9 Å². The first-order valence-corrected chi connectivity index (χ1v) is 10.7. The van der Waals surface area contributed by atoms with Crippen LogP contribution < -0.4 is 4.74 Å². The third-order valence-electron chi connectivity index (χ3n) is 5.37. The molecule has 1 aromatic heterocycles. The van der Waals surface area contributed by atoms with Crippen LogP contribution in [0.25, 0.3) is 22.3 Å². The summed E-state index contributed by atoms with van der Waals surface area (Å²) in [7, 11) is 0. The number of ether oxygens (including phenoxy) is 2. The number of halogens is 8. The first-order valence-electron chi connectivity index (χ1n) is 10.7. The van der Waals surface area contributed by atoms with Crippen molar-refractivity contribution in [1.29, 1.82) is 0 Å². The number of hydrogen-bond donors (Lipinski definition) is 0. The molecule has 0 unspecified atom stereocenters. The summed E-state index contributed by atoms with van der Waals surface area (Å²) in [5, 5.41) is 0.615. The van der Waals surface area contributed by atoms with Gasteiger partial charge in [0.2, 0.25) is 0 Å². The van der Waals surface area contributed by atoms with Crippen molar-refractivity contribution in [1.82, 2.24) is 0 Å². The van der Waals surface area contributed by atoms with Crippen LogP contribution in [0.2, 0.25) is 0 Å². The molecule has 3 aromatic rings. The van der Waals surface area contributed by atoms with E-state index in [1.165, 1.54) is 18.2 Å². The lowest BCUT2D eigenvalue weighted by molar-refractivity contribution is -0.368. The van der Waals surface area contributed by atoms with Crippen LogP contribution in [0, 0.1) is 0 Å². The highest BCUT2D eigenvalue weighted by Gasteiger charge is 2.79. The van der Waals surface area contributed by atoms with Crippen molar-refractivity contribution >= 4 is 16.9 Å². The van der Waals surface area contributed by atoms with Crippen molar-refractivity contribution in [3.63, 3.8) is 0 Å². The van der Waals surface area contributed by atoms with Gasteiger partial charge in [-0.1, -0.05) is 36.9 Å². The Morgan fingerprint density at radius 2 is 1.43 bits per heavy atom. The zero-order valence-electron chi connectivity index (χ0n) is 19.0. The van der Waals surface area contributed by atoms with Crippen molar-refractivity contribution in [2.75, 3.05) is 13.2 Å². The second-order valence-electron chi connectivity index (χ2n) is 7.95. The number of benzene rings is 2. The van der Waals surface area contributed by atoms with Crippen molar-refractivity contribution < 1.29 is 53.8 Å². The van der Waals surface area contributed by atoms with Crippen LogP contribution in [0.5, 0.6) is 5.75 Å². The van der Waals surface area contributed by atoms with Crippen LogP contribution in [0.4, 0.5) is 35.1 Å². The van der Waals surface area contributed by atoms with Gasteiger partial charge in [0.15, 0.2) is 0 Å². The monoisotopic (exact) mass is 536 g/mol. The molecule has 0 amide bonds. The molecule has 0 aliphatic carbocycles. The normalized spacial score (nSPS) is 13.0. The van der Waals surface area contributed by atoms with Crippen molar-refractivity contribution in [2.45, 2.75) is 36.5 Å². The molecule has 0 saturated carbocycles. The van der Waals surface area contributed by atoms with Gasteiger partial charge in [0.05, 0.1) is 26.1 Å². The maximum atomic E-state index is 14.1. The number of rotatable bonds is 12. The molecule has 12 heteroatoms. The lowest BCUT2D eigenvalue weighted by Gasteiger charge is -2.36. The lowest BCUT2D eigenvalue weighted by atomic mass is 9.95. The first-order chi connectivity index (χ1) is 17.2. The Morgan fingerprint density at radius 3 is 2.03 bits per heavy atom. The maximum absolute atomic E-state index is 14.1. The highest BCUT2D eigenvalue weighted by atomic mass is 19.4. The molecule has 0 aliphatic rings. The molecule has 1 heterocycles. The van der Waals surface area contributed by atoms with E-state index in [1.807, 2.05) is 0 Å². The number of furan rings is 1. The van der Waals surface area contributed by atoms with Gasteiger partial charge in [-0.15, -0.1) is 0 Å². The van der Waals surface area contributed by atoms with Gasteiger partial charge in [0, 0.05) is 23.1 Å². The molecular formula is C25H20F8O4.